The Morgan fingerprint density at radius 1 is 1.30 bits per heavy atom. The lowest BCUT2D eigenvalue weighted by Crippen LogP contribution is -2.30. The summed E-state index contributed by atoms with van der Waals surface area (Å²) in [5.41, 5.74) is -0.0620. The molecule has 1 aromatic heterocycles. The summed E-state index contributed by atoms with van der Waals surface area (Å²) < 4.78 is 0. The molecule has 1 atom stereocenters. The van der Waals surface area contributed by atoms with Crippen LogP contribution in [0.4, 0.5) is 5.82 Å². The SMILES string of the molecule is C[C@](O)(CNc1ccc(Cl)c(C#N)n1)c1ccccc1. The molecule has 0 bridgehead atoms. The molecule has 5 heteroatoms. The monoisotopic (exact) mass is 287 g/mol. The first-order valence-electron chi connectivity index (χ1n) is 6.11. The predicted octanol–water partition coefficient (Wildman–Crippen LogP) is 2.93. The summed E-state index contributed by atoms with van der Waals surface area (Å²) in [4.78, 5) is 4.07. The second-order valence-electron chi connectivity index (χ2n) is 4.63. The number of aromatic nitrogens is 1. The Kier molecular flexibility index (Phi) is 4.23. The van der Waals surface area contributed by atoms with Crippen molar-refractivity contribution < 1.29 is 5.11 Å². The molecule has 0 amide bonds. The molecule has 0 radical (unpaired) electrons. The third-order valence-electron chi connectivity index (χ3n) is 2.96. The fourth-order valence-corrected chi connectivity index (χ4v) is 1.93. The lowest BCUT2D eigenvalue weighted by atomic mass is 9.96. The summed E-state index contributed by atoms with van der Waals surface area (Å²) in [5, 5.41) is 22.6. The summed E-state index contributed by atoms with van der Waals surface area (Å²) in [6.07, 6.45) is 0. The molecule has 4 nitrogen and oxygen atoms in total. The van der Waals surface area contributed by atoms with Crippen LogP contribution < -0.4 is 5.32 Å². The first kappa shape index (κ1) is 14.3. The second kappa shape index (κ2) is 5.91. The van der Waals surface area contributed by atoms with Gasteiger partial charge in [-0.05, 0) is 24.6 Å². The summed E-state index contributed by atoms with van der Waals surface area (Å²) in [7, 11) is 0. The van der Waals surface area contributed by atoms with E-state index in [4.69, 9.17) is 16.9 Å². The van der Waals surface area contributed by atoms with Gasteiger partial charge in [0.1, 0.15) is 17.5 Å². The van der Waals surface area contributed by atoms with Gasteiger partial charge >= 0.3 is 0 Å². The van der Waals surface area contributed by atoms with Crippen molar-refractivity contribution in [3.05, 3.63) is 58.7 Å². The van der Waals surface area contributed by atoms with Crippen molar-refractivity contribution in [3.8, 4) is 6.07 Å². The highest BCUT2D eigenvalue weighted by Crippen LogP contribution is 2.21. The predicted molar refractivity (Wildman–Crippen MR) is 78.5 cm³/mol. The highest BCUT2D eigenvalue weighted by molar-refractivity contribution is 6.31. The molecule has 2 rings (SSSR count). The van der Waals surface area contributed by atoms with E-state index in [1.165, 1.54) is 0 Å². The van der Waals surface area contributed by atoms with E-state index in [1.807, 2.05) is 36.4 Å². The van der Waals surface area contributed by atoms with E-state index in [9.17, 15) is 5.11 Å². The fraction of sp³-hybridized carbons (Fsp3) is 0.200. The van der Waals surface area contributed by atoms with E-state index >= 15 is 0 Å². The minimum absolute atomic E-state index is 0.163. The Balaban J connectivity index is 2.11. The van der Waals surface area contributed by atoms with Gasteiger partial charge in [0, 0.05) is 6.54 Å². The quantitative estimate of drug-likeness (QED) is 0.907. The molecule has 0 saturated carbocycles. The third kappa shape index (κ3) is 3.27. The van der Waals surface area contributed by atoms with Crippen LogP contribution in [0.25, 0.3) is 0 Å². The first-order chi connectivity index (χ1) is 9.53. The van der Waals surface area contributed by atoms with Gasteiger partial charge in [-0.15, -0.1) is 0 Å². The number of rotatable bonds is 4. The van der Waals surface area contributed by atoms with Crippen molar-refractivity contribution in [2.24, 2.45) is 0 Å². The number of aliphatic hydroxyl groups is 1. The van der Waals surface area contributed by atoms with Gasteiger partial charge in [0.05, 0.1) is 5.02 Å². The average molecular weight is 288 g/mol. The Bertz CT molecular complexity index is 635. The van der Waals surface area contributed by atoms with Gasteiger partial charge in [0.2, 0.25) is 0 Å². The number of pyridine rings is 1. The number of nitriles is 1. The lowest BCUT2D eigenvalue weighted by Gasteiger charge is -2.24. The molecule has 1 aromatic carbocycles. The number of anilines is 1. The van der Waals surface area contributed by atoms with E-state index in [-0.39, 0.29) is 12.2 Å². The van der Waals surface area contributed by atoms with E-state index < -0.39 is 5.60 Å². The number of benzene rings is 1. The van der Waals surface area contributed by atoms with E-state index in [0.29, 0.717) is 10.8 Å². The molecule has 0 saturated heterocycles. The maximum atomic E-state index is 10.4. The van der Waals surface area contributed by atoms with Crippen LogP contribution in [0.2, 0.25) is 5.02 Å². The zero-order valence-corrected chi connectivity index (χ0v) is 11.7. The van der Waals surface area contributed by atoms with Crippen LogP contribution in [0.5, 0.6) is 0 Å². The maximum absolute atomic E-state index is 10.4. The zero-order chi connectivity index (χ0) is 14.6. The molecule has 0 fully saturated rings. The van der Waals surface area contributed by atoms with Crippen LogP contribution in [0, 0.1) is 11.3 Å². The van der Waals surface area contributed by atoms with Crippen molar-refractivity contribution in [2.75, 3.05) is 11.9 Å². The molecule has 0 aliphatic rings. The van der Waals surface area contributed by atoms with Crippen molar-refractivity contribution in [2.45, 2.75) is 12.5 Å². The van der Waals surface area contributed by atoms with Gasteiger partial charge in [-0.25, -0.2) is 4.98 Å². The smallest absolute Gasteiger partial charge is 0.161 e. The maximum Gasteiger partial charge on any atom is 0.161 e. The van der Waals surface area contributed by atoms with Gasteiger partial charge in [-0.2, -0.15) is 5.26 Å². The Morgan fingerprint density at radius 3 is 2.65 bits per heavy atom. The molecule has 0 unspecified atom stereocenters. The molecular weight excluding hydrogens is 274 g/mol. The van der Waals surface area contributed by atoms with Crippen molar-refractivity contribution >= 4 is 17.4 Å². The minimum Gasteiger partial charge on any atom is -0.384 e. The largest absolute Gasteiger partial charge is 0.384 e. The highest BCUT2D eigenvalue weighted by atomic mass is 35.5. The molecule has 0 aliphatic heterocycles. The van der Waals surface area contributed by atoms with Crippen LogP contribution in [-0.4, -0.2) is 16.6 Å². The van der Waals surface area contributed by atoms with Crippen molar-refractivity contribution in [3.63, 3.8) is 0 Å². The molecule has 102 valence electrons. The van der Waals surface area contributed by atoms with Gasteiger partial charge in [-0.1, -0.05) is 41.9 Å². The van der Waals surface area contributed by atoms with Crippen LogP contribution in [0.1, 0.15) is 18.2 Å². The molecule has 0 spiro atoms. The minimum atomic E-state index is -1.03. The van der Waals surface area contributed by atoms with E-state index in [2.05, 4.69) is 10.3 Å². The molecule has 0 aliphatic carbocycles. The number of nitrogens with zero attached hydrogens (tertiary/aromatic N) is 2. The van der Waals surface area contributed by atoms with Crippen LogP contribution in [0.3, 0.4) is 0 Å². The average Bonchev–Trinajstić information content (AvgIpc) is 2.47. The molecule has 2 aromatic rings. The van der Waals surface area contributed by atoms with Crippen molar-refractivity contribution in [1.82, 2.24) is 4.98 Å². The second-order valence-corrected chi connectivity index (χ2v) is 5.04. The molecule has 2 N–H and O–H groups in total. The summed E-state index contributed by atoms with van der Waals surface area (Å²) in [5.74, 6) is 0.502. The number of halogens is 1. The van der Waals surface area contributed by atoms with Crippen LogP contribution in [-0.2, 0) is 5.60 Å². The van der Waals surface area contributed by atoms with Gasteiger partial charge in [0.15, 0.2) is 5.69 Å². The van der Waals surface area contributed by atoms with Crippen LogP contribution in [0.15, 0.2) is 42.5 Å². The first-order valence-corrected chi connectivity index (χ1v) is 6.49. The summed E-state index contributed by atoms with van der Waals surface area (Å²) >= 11 is 5.82. The fourth-order valence-electron chi connectivity index (χ4n) is 1.78. The molecule has 20 heavy (non-hydrogen) atoms. The van der Waals surface area contributed by atoms with E-state index in [0.717, 1.165) is 5.56 Å². The molecule has 1 heterocycles. The van der Waals surface area contributed by atoms with E-state index in [1.54, 1.807) is 19.1 Å². The summed E-state index contributed by atoms with van der Waals surface area (Å²) in [6.45, 7) is 1.99. The van der Waals surface area contributed by atoms with Crippen LogP contribution >= 0.6 is 11.6 Å². The Hall–Kier alpha value is -2.09. The highest BCUT2D eigenvalue weighted by Gasteiger charge is 2.22. The number of nitrogens with one attached hydrogen (secondary N) is 1. The Morgan fingerprint density at radius 2 is 2.00 bits per heavy atom. The topological polar surface area (TPSA) is 68.9 Å². The summed E-state index contributed by atoms with van der Waals surface area (Å²) in [6, 6.07) is 14.6. The third-order valence-corrected chi connectivity index (χ3v) is 3.27. The van der Waals surface area contributed by atoms with Gasteiger partial charge < -0.3 is 10.4 Å². The zero-order valence-electron chi connectivity index (χ0n) is 11.0. The Labute approximate surface area is 122 Å². The standard InChI is InChI=1S/C15H14ClN3O/c1-15(20,11-5-3-2-4-6-11)10-18-14-8-7-12(16)13(9-17)19-14/h2-8,20H,10H2,1H3,(H,18,19)/t15-/m0/s1. The van der Waals surface area contributed by atoms with Gasteiger partial charge in [0.25, 0.3) is 0 Å². The normalized spacial score (nSPS) is 13.3. The van der Waals surface area contributed by atoms with Crippen molar-refractivity contribution in [1.29, 1.82) is 5.26 Å². The lowest BCUT2D eigenvalue weighted by molar-refractivity contribution is 0.0714. The number of hydrogen-bond acceptors (Lipinski definition) is 4. The van der Waals surface area contributed by atoms with Gasteiger partial charge in [-0.3, -0.25) is 0 Å². The number of hydrogen-bond donors (Lipinski definition) is 2. The molecular formula is C15H14ClN3O.